The van der Waals surface area contributed by atoms with Crippen molar-refractivity contribution in [3.63, 3.8) is 0 Å². The van der Waals surface area contributed by atoms with E-state index < -0.39 is 5.54 Å². The first-order valence-electron chi connectivity index (χ1n) is 6.65. The molecule has 0 atom stereocenters. The van der Waals surface area contributed by atoms with Gasteiger partial charge in [0.25, 0.3) is 5.91 Å². The number of amides is 1. The van der Waals surface area contributed by atoms with Crippen LogP contribution in [0.25, 0.3) is 0 Å². The van der Waals surface area contributed by atoms with E-state index in [9.17, 15) is 10.1 Å². The second kappa shape index (κ2) is 6.03. The first kappa shape index (κ1) is 15.2. The third-order valence-electron chi connectivity index (χ3n) is 3.88. The van der Waals surface area contributed by atoms with Crippen LogP contribution in [-0.2, 0) is 0 Å². The lowest BCUT2D eigenvalue weighted by molar-refractivity contribution is 0.0894. The zero-order valence-corrected chi connectivity index (χ0v) is 12.8. The Morgan fingerprint density at radius 1 is 1.35 bits per heavy atom. The smallest absolute Gasteiger partial charge is 0.255 e. The molecule has 20 heavy (non-hydrogen) atoms. The molecule has 0 radical (unpaired) electrons. The minimum absolute atomic E-state index is 0.240. The molecule has 3 nitrogen and oxygen atoms in total. The van der Waals surface area contributed by atoms with Crippen LogP contribution in [0.3, 0.4) is 0 Å². The topological polar surface area (TPSA) is 52.9 Å². The molecule has 5 heteroatoms. The van der Waals surface area contributed by atoms with E-state index in [1.807, 2.05) is 0 Å². The van der Waals surface area contributed by atoms with Crippen LogP contribution >= 0.6 is 23.2 Å². The highest BCUT2D eigenvalue weighted by Crippen LogP contribution is 2.32. The number of rotatable bonds is 2. The molecule has 1 aliphatic rings. The first-order valence-corrected chi connectivity index (χ1v) is 7.41. The normalized spacial score (nSPS) is 25.8. The van der Waals surface area contributed by atoms with Crippen LogP contribution in [0, 0.1) is 17.2 Å². The van der Waals surface area contributed by atoms with Gasteiger partial charge in [-0.3, -0.25) is 4.79 Å². The number of nitrogens with one attached hydrogen (secondary N) is 1. The van der Waals surface area contributed by atoms with E-state index in [0.29, 0.717) is 28.8 Å². The molecule has 0 saturated heterocycles. The van der Waals surface area contributed by atoms with Crippen LogP contribution in [0.4, 0.5) is 0 Å². The predicted octanol–water partition coefficient (Wildman–Crippen LogP) is 4.20. The Morgan fingerprint density at radius 2 is 1.90 bits per heavy atom. The highest BCUT2D eigenvalue weighted by atomic mass is 35.5. The van der Waals surface area contributed by atoms with E-state index in [4.69, 9.17) is 23.2 Å². The van der Waals surface area contributed by atoms with Gasteiger partial charge < -0.3 is 5.32 Å². The number of carbonyl (C=O) groups excluding carboxylic acids is 1. The number of hydrogen-bond acceptors (Lipinski definition) is 2. The molecule has 0 bridgehead atoms. The number of benzene rings is 1. The maximum Gasteiger partial charge on any atom is 0.255 e. The Hall–Kier alpha value is -1.24. The van der Waals surface area contributed by atoms with Gasteiger partial charge in [-0.2, -0.15) is 5.26 Å². The summed E-state index contributed by atoms with van der Waals surface area (Å²) in [7, 11) is 0. The highest BCUT2D eigenvalue weighted by Gasteiger charge is 2.36. The molecule has 1 aliphatic carbocycles. The van der Waals surface area contributed by atoms with Crippen molar-refractivity contribution in [1.29, 1.82) is 5.26 Å². The summed E-state index contributed by atoms with van der Waals surface area (Å²) < 4.78 is 0. The van der Waals surface area contributed by atoms with Gasteiger partial charge in [0, 0.05) is 0 Å². The summed E-state index contributed by atoms with van der Waals surface area (Å²) in [6.07, 6.45) is 3.20. The number of nitrogens with zero attached hydrogens (tertiary/aromatic N) is 1. The van der Waals surface area contributed by atoms with Crippen LogP contribution in [0.1, 0.15) is 43.0 Å². The molecular formula is C15H16Cl2N2O. The van der Waals surface area contributed by atoms with Crippen molar-refractivity contribution in [2.24, 2.45) is 5.92 Å². The maximum absolute atomic E-state index is 12.4. The van der Waals surface area contributed by atoms with Crippen LogP contribution < -0.4 is 5.32 Å². The molecule has 0 spiro atoms. The first-order chi connectivity index (χ1) is 9.47. The molecule has 1 N–H and O–H groups in total. The Kier molecular flexibility index (Phi) is 4.57. The molecule has 106 valence electrons. The Morgan fingerprint density at radius 3 is 2.40 bits per heavy atom. The van der Waals surface area contributed by atoms with Crippen molar-refractivity contribution in [1.82, 2.24) is 5.32 Å². The molecule has 1 saturated carbocycles. The fourth-order valence-electron chi connectivity index (χ4n) is 2.51. The van der Waals surface area contributed by atoms with Gasteiger partial charge in [0.2, 0.25) is 0 Å². The Balaban J connectivity index is 2.21. The van der Waals surface area contributed by atoms with Crippen LogP contribution in [0.15, 0.2) is 18.2 Å². The number of carbonyl (C=O) groups is 1. The van der Waals surface area contributed by atoms with Gasteiger partial charge in [-0.25, -0.2) is 0 Å². The van der Waals surface area contributed by atoms with Gasteiger partial charge in [-0.15, -0.1) is 0 Å². The van der Waals surface area contributed by atoms with E-state index in [0.717, 1.165) is 12.8 Å². The summed E-state index contributed by atoms with van der Waals surface area (Å²) in [5.74, 6) is 0.217. The highest BCUT2D eigenvalue weighted by molar-refractivity contribution is 6.39. The zero-order valence-electron chi connectivity index (χ0n) is 11.2. The van der Waals surface area contributed by atoms with Gasteiger partial charge in [0.1, 0.15) is 5.54 Å². The summed E-state index contributed by atoms with van der Waals surface area (Å²) >= 11 is 12.1. The Labute approximate surface area is 128 Å². The van der Waals surface area contributed by atoms with Crippen LogP contribution in [-0.4, -0.2) is 11.4 Å². The van der Waals surface area contributed by atoms with Crippen molar-refractivity contribution in [3.05, 3.63) is 33.8 Å². The summed E-state index contributed by atoms with van der Waals surface area (Å²) in [5, 5.41) is 12.9. The molecule has 2 rings (SSSR count). The SMILES string of the molecule is CC1CCC(C#N)(NC(=O)c2c(Cl)cccc2Cl)CC1. The fraction of sp³-hybridized carbons (Fsp3) is 0.467. The monoisotopic (exact) mass is 310 g/mol. The lowest BCUT2D eigenvalue weighted by Crippen LogP contribution is -2.49. The molecule has 0 aromatic heterocycles. The van der Waals surface area contributed by atoms with E-state index in [1.165, 1.54) is 0 Å². The average Bonchev–Trinajstić information content (AvgIpc) is 2.41. The molecule has 0 unspecified atom stereocenters. The third-order valence-corrected chi connectivity index (χ3v) is 4.51. The quantitative estimate of drug-likeness (QED) is 0.890. The number of hydrogen-bond donors (Lipinski definition) is 1. The second-order valence-corrected chi connectivity index (χ2v) is 6.24. The van der Waals surface area contributed by atoms with E-state index in [2.05, 4.69) is 18.3 Å². The summed E-state index contributed by atoms with van der Waals surface area (Å²) in [6.45, 7) is 2.16. The standard InChI is InChI=1S/C15H16Cl2N2O/c1-10-5-7-15(9-18,8-6-10)19-14(20)13-11(16)3-2-4-12(13)17/h2-4,10H,5-8H2,1H3,(H,19,20). The largest absolute Gasteiger partial charge is 0.334 e. The minimum atomic E-state index is -0.800. The van der Waals surface area contributed by atoms with Crippen LogP contribution in [0.2, 0.25) is 10.0 Å². The summed E-state index contributed by atoms with van der Waals surface area (Å²) in [6, 6.07) is 7.17. The molecule has 1 aromatic rings. The second-order valence-electron chi connectivity index (χ2n) is 5.43. The van der Waals surface area contributed by atoms with Crippen molar-refractivity contribution < 1.29 is 4.79 Å². The predicted molar refractivity (Wildman–Crippen MR) is 79.9 cm³/mol. The van der Waals surface area contributed by atoms with E-state index in [-0.39, 0.29) is 11.5 Å². The lowest BCUT2D eigenvalue weighted by Gasteiger charge is -2.34. The summed E-state index contributed by atoms with van der Waals surface area (Å²) in [5.41, 5.74) is -0.560. The van der Waals surface area contributed by atoms with Gasteiger partial charge in [-0.1, -0.05) is 36.2 Å². The molecule has 0 aliphatic heterocycles. The van der Waals surface area contributed by atoms with Gasteiger partial charge in [-0.05, 0) is 43.7 Å². The van der Waals surface area contributed by atoms with Gasteiger partial charge >= 0.3 is 0 Å². The average molecular weight is 311 g/mol. The maximum atomic E-state index is 12.4. The van der Waals surface area contributed by atoms with Crippen molar-refractivity contribution in [2.45, 2.75) is 38.1 Å². The van der Waals surface area contributed by atoms with Crippen LogP contribution in [0.5, 0.6) is 0 Å². The molecule has 1 fully saturated rings. The number of nitriles is 1. The summed E-state index contributed by atoms with van der Waals surface area (Å²) in [4.78, 5) is 12.4. The molecule has 1 amide bonds. The van der Waals surface area contributed by atoms with E-state index in [1.54, 1.807) is 18.2 Å². The third kappa shape index (κ3) is 3.08. The zero-order chi connectivity index (χ0) is 14.8. The molecule has 0 heterocycles. The minimum Gasteiger partial charge on any atom is -0.334 e. The van der Waals surface area contributed by atoms with Gasteiger partial charge in [0.05, 0.1) is 21.7 Å². The number of halogens is 2. The fourth-order valence-corrected chi connectivity index (χ4v) is 3.08. The molecule has 1 aromatic carbocycles. The lowest BCUT2D eigenvalue weighted by atomic mass is 9.78. The Bertz CT molecular complexity index is 537. The van der Waals surface area contributed by atoms with Crippen molar-refractivity contribution >= 4 is 29.1 Å². The van der Waals surface area contributed by atoms with Crippen molar-refractivity contribution in [3.8, 4) is 6.07 Å². The van der Waals surface area contributed by atoms with Crippen molar-refractivity contribution in [2.75, 3.05) is 0 Å². The van der Waals surface area contributed by atoms with Gasteiger partial charge in [0.15, 0.2) is 0 Å². The molecular weight excluding hydrogens is 295 g/mol. The van der Waals surface area contributed by atoms with E-state index >= 15 is 0 Å².